The van der Waals surface area contributed by atoms with Crippen molar-refractivity contribution in [1.29, 1.82) is 0 Å². The van der Waals surface area contributed by atoms with E-state index in [4.69, 9.17) is 10.5 Å². The third-order valence-electron chi connectivity index (χ3n) is 4.54. The van der Waals surface area contributed by atoms with Gasteiger partial charge in [0.25, 0.3) is 5.91 Å². The van der Waals surface area contributed by atoms with Gasteiger partial charge in [0.15, 0.2) is 0 Å². The fraction of sp³-hybridized carbons (Fsp3) is 0.300. The van der Waals surface area contributed by atoms with Crippen LogP contribution in [0, 0.1) is 0 Å². The molecule has 0 bridgehead atoms. The minimum atomic E-state index is -0.471. The van der Waals surface area contributed by atoms with Gasteiger partial charge >= 0.3 is 0 Å². The van der Waals surface area contributed by atoms with E-state index in [0.29, 0.717) is 28.7 Å². The van der Waals surface area contributed by atoms with Gasteiger partial charge in [-0.1, -0.05) is 0 Å². The predicted octanol–water partition coefficient (Wildman–Crippen LogP) is 3.59. The first kappa shape index (κ1) is 17.0. The van der Waals surface area contributed by atoms with Crippen LogP contribution in [0.15, 0.2) is 48.5 Å². The zero-order valence-electron chi connectivity index (χ0n) is 14.3. The van der Waals surface area contributed by atoms with E-state index < -0.39 is 5.91 Å². The molecule has 2 aromatic rings. The Bertz CT molecular complexity index is 754. The van der Waals surface area contributed by atoms with Crippen LogP contribution in [0.3, 0.4) is 0 Å². The summed E-state index contributed by atoms with van der Waals surface area (Å²) in [4.78, 5) is 25.6. The standard InChI is InChI=1S/C20H22N2O3/c1-14-4-2-3-13-22(14)20(24)16-7-11-18(12-8-16)25-17-9-5-15(6-10-17)19(21)23/h5-12,14H,2-4,13H2,1H3,(H2,21,23)/t14-/m1/s1. The summed E-state index contributed by atoms with van der Waals surface area (Å²) in [6, 6.07) is 14.0. The van der Waals surface area contributed by atoms with E-state index in [1.165, 1.54) is 6.42 Å². The Morgan fingerprint density at radius 3 is 2.04 bits per heavy atom. The van der Waals surface area contributed by atoms with E-state index in [2.05, 4.69) is 6.92 Å². The first-order chi connectivity index (χ1) is 12.0. The lowest BCUT2D eigenvalue weighted by Crippen LogP contribution is -2.41. The monoisotopic (exact) mass is 338 g/mol. The number of hydrogen-bond acceptors (Lipinski definition) is 3. The summed E-state index contributed by atoms with van der Waals surface area (Å²) < 4.78 is 5.74. The average molecular weight is 338 g/mol. The second kappa shape index (κ2) is 7.38. The molecule has 1 fully saturated rings. The van der Waals surface area contributed by atoms with Crippen molar-refractivity contribution < 1.29 is 14.3 Å². The Balaban J connectivity index is 1.67. The Morgan fingerprint density at radius 1 is 0.960 bits per heavy atom. The Labute approximate surface area is 147 Å². The van der Waals surface area contributed by atoms with Crippen LogP contribution in [0.4, 0.5) is 0 Å². The number of ether oxygens (including phenoxy) is 1. The first-order valence-electron chi connectivity index (χ1n) is 8.53. The summed E-state index contributed by atoms with van der Waals surface area (Å²) in [5.74, 6) is 0.842. The molecule has 1 aliphatic heterocycles. The fourth-order valence-electron chi connectivity index (χ4n) is 3.05. The zero-order valence-corrected chi connectivity index (χ0v) is 14.3. The van der Waals surface area contributed by atoms with Gasteiger partial charge < -0.3 is 15.4 Å². The summed E-state index contributed by atoms with van der Waals surface area (Å²) in [5.41, 5.74) is 6.32. The van der Waals surface area contributed by atoms with Crippen molar-refractivity contribution in [2.24, 2.45) is 5.73 Å². The molecule has 0 spiro atoms. The molecule has 0 aromatic heterocycles. The SMILES string of the molecule is C[C@@H]1CCCCN1C(=O)c1ccc(Oc2ccc(C(N)=O)cc2)cc1. The fourth-order valence-corrected chi connectivity index (χ4v) is 3.05. The summed E-state index contributed by atoms with van der Waals surface area (Å²) >= 11 is 0. The van der Waals surface area contributed by atoms with Crippen molar-refractivity contribution >= 4 is 11.8 Å². The van der Waals surface area contributed by atoms with Crippen molar-refractivity contribution in [3.8, 4) is 11.5 Å². The van der Waals surface area contributed by atoms with Crippen molar-refractivity contribution in [2.75, 3.05) is 6.54 Å². The zero-order chi connectivity index (χ0) is 17.8. The van der Waals surface area contributed by atoms with Crippen LogP contribution in [0.2, 0.25) is 0 Å². The van der Waals surface area contributed by atoms with Gasteiger partial charge in [-0.3, -0.25) is 9.59 Å². The van der Waals surface area contributed by atoms with E-state index in [1.54, 1.807) is 48.5 Å². The van der Waals surface area contributed by atoms with Gasteiger partial charge in [-0.25, -0.2) is 0 Å². The van der Waals surface area contributed by atoms with Gasteiger partial charge in [0, 0.05) is 23.7 Å². The number of amides is 2. The lowest BCUT2D eigenvalue weighted by molar-refractivity contribution is 0.0635. The molecule has 130 valence electrons. The molecule has 25 heavy (non-hydrogen) atoms. The molecule has 1 saturated heterocycles. The second-order valence-corrected chi connectivity index (χ2v) is 6.36. The maximum absolute atomic E-state index is 12.6. The van der Waals surface area contributed by atoms with Crippen LogP contribution in [0.5, 0.6) is 11.5 Å². The van der Waals surface area contributed by atoms with E-state index in [9.17, 15) is 9.59 Å². The van der Waals surface area contributed by atoms with Crippen LogP contribution in [-0.4, -0.2) is 29.3 Å². The van der Waals surface area contributed by atoms with Gasteiger partial charge in [0.1, 0.15) is 11.5 Å². The molecule has 1 heterocycles. The summed E-state index contributed by atoms with van der Waals surface area (Å²) in [6.07, 6.45) is 3.32. The molecule has 3 rings (SSSR count). The average Bonchev–Trinajstić information content (AvgIpc) is 2.63. The summed E-state index contributed by atoms with van der Waals surface area (Å²) in [5, 5.41) is 0. The lowest BCUT2D eigenvalue weighted by Gasteiger charge is -2.33. The number of likely N-dealkylation sites (tertiary alicyclic amines) is 1. The molecule has 5 heteroatoms. The quantitative estimate of drug-likeness (QED) is 0.926. The Morgan fingerprint density at radius 2 is 1.52 bits per heavy atom. The highest BCUT2D eigenvalue weighted by atomic mass is 16.5. The van der Waals surface area contributed by atoms with E-state index in [1.807, 2.05) is 4.90 Å². The molecule has 0 aliphatic carbocycles. The number of carbonyl (C=O) groups excluding carboxylic acids is 2. The number of rotatable bonds is 4. The molecule has 0 unspecified atom stereocenters. The van der Waals surface area contributed by atoms with Crippen LogP contribution >= 0.6 is 0 Å². The number of benzene rings is 2. The minimum Gasteiger partial charge on any atom is -0.457 e. The van der Waals surface area contributed by atoms with Crippen molar-refractivity contribution in [3.63, 3.8) is 0 Å². The molecule has 0 saturated carbocycles. The highest BCUT2D eigenvalue weighted by Crippen LogP contribution is 2.24. The van der Waals surface area contributed by atoms with Crippen LogP contribution in [0.1, 0.15) is 46.9 Å². The summed E-state index contributed by atoms with van der Waals surface area (Å²) in [6.45, 7) is 2.93. The summed E-state index contributed by atoms with van der Waals surface area (Å²) in [7, 11) is 0. The van der Waals surface area contributed by atoms with Gasteiger partial charge in [-0.15, -0.1) is 0 Å². The number of carbonyl (C=O) groups is 2. The maximum Gasteiger partial charge on any atom is 0.254 e. The largest absolute Gasteiger partial charge is 0.457 e. The number of nitrogens with zero attached hydrogens (tertiary/aromatic N) is 1. The highest BCUT2D eigenvalue weighted by molar-refractivity contribution is 5.94. The van der Waals surface area contributed by atoms with Crippen LogP contribution in [0.25, 0.3) is 0 Å². The normalized spacial score (nSPS) is 17.2. The maximum atomic E-state index is 12.6. The lowest BCUT2D eigenvalue weighted by atomic mass is 10.0. The Hall–Kier alpha value is -2.82. The molecule has 2 amide bonds. The van der Waals surface area contributed by atoms with Gasteiger partial charge in [0.2, 0.25) is 5.91 Å². The van der Waals surface area contributed by atoms with E-state index >= 15 is 0 Å². The molecule has 1 atom stereocenters. The molecule has 5 nitrogen and oxygen atoms in total. The minimum absolute atomic E-state index is 0.0737. The molecular formula is C20H22N2O3. The van der Waals surface area contributed by atoms with E-state index in [-0.39, 0.29) is 5.91 Å². The van der Waals surface area contributed by atoms with E-state index in [0.717, 1.165) is 19.4 Å². The molecule has 2 aromatic carbocycles. The van der Waals surface area contributed by atoms with Crippen molar-refractivity contribution in [1.82, 2.24) is 4.90 Å². The Kier molecular flexibility index (Phi) is 5.03. The van der Waals surface area contributed by atoms with Crippen molar-refractivity contribution in [3.05, 3.63) is 59.7 Å². The number of hydrogen-bond donors (Lipinski definition) is 1. The topological polar surface area (TPSA) is 72.6 Å². The molecule has 1 aliphatic rings. The van der Waals surface area contributed by atoms with Crippen molar-refractivity contribution in [2.45, 2.75) is 32.2 Å². The number of nitrogens with two attached hydrogens (primary N) is 1. The van der Waals surface area contributed by atoms with Gasteiger partial charge in [-0.05, 0) is 74.7 Å². The molecule has 2 N–H and O–H groups in total. The third-order valence-corrected chi connectivity index (χ3v) is 4.54. The van der Waals surface area contributed by atoms with Crippen LogP contribution < -0.4 is 10.5 Å². The smallest absolute Gasteiger partial charge is 0.254 e. The molecule has 0 radical (unpaired) electrons. The van der Waals surface area contributed by atoms with Crippen LogP contribution in [-0.2, 0) is 0 Å². The third kappa shape index (κ3) is 3.99. The predicted molar refractivity (Wildman–Crippen MR) is 95.8 cm³/mol. The van der Waals surface area contributed by atoms with Gasteiger partial charge in [-0.2, -0.15) is 0 Å². The number of primary amides is 1. The first-order valence-corrected chi connectivity index (χ1v) is 8.53. The second-order valence-electron chi connectivity index (χ2n) is 6.36. The van der Waals surface area contributed by atoms with Gasteiger partial charge in [0.05, 0.1) is 0 Å². The number of piperidine rings is 1. The molecular weight excluding hydrogens is 316 g/mol. The highest BCUT2D eigenvalue weighted by Gasteiger charge is 2.24.